The molecule has 0 amide bonds. The number of nitrogens with zero attached hydrogens (tertiary/aromatic N) is 1. The zero-order chi connectivity index (χ0) is 13.9. The predicted molar refractivity (Wildman–Crippen MR) is 71.7 cm³/mol. The summed E-state index contributed by atoms with van der Waals surface area (Å²) < 4.78 is 0. The maximum atomic E-state index is 10.9. The van der Waals surface area contributed by atoms with Gasteiger partial charge in [-0.3, -0.25) is 4.79 Å². The standard InChI is InChI=1S/C14H21NO3/c1-9(10(2)14(17)18)13(16)11-5-7-12(8-6-11)15(3)4/h5-10,13,16H,1-4H3,(H,17,18). The fraction of sp³-hybridized carbons (Fsp3) is 0.500. The normalized spacial score (nSPS) is 15.8. The van der Waals surface area contributed by atoms with Gasteiger partial charge in [-0.25, -0.2) is 0 Å². The summed E-state index contributed by atoms with van der Waals surface area (Å²) in [6.07, 6.45) is -0.757. The van der Waals surface area contributed by atoms with Gasteiger partial charge in [0.25, 0.3) is 0 Å². The lowest BCUT2D eigenvalue weighted by Crippen LogP contribution is -2.23. The van der Waals surface area contributed by atoms with E-state index in [1.807, 2.05) is 43.3 Å². The van der Waals surface area contributed by atoms with Crippen molar-refractivity contribution in [2.75, 3.05) is 19.0 Å². The lowest BCUT2D eigenvalue weighted by atomic mass is 9.87. The average molecular weight is 251 g/mol. The van der Waals surface area contributed by atoms with Crippen molar-refractivity contribution in [2.24, 2.45) is 11.8 Å². The van der Waals surface area contributed by atoms with Crippen LogP contribution in [0.15, 0.2) is 24.3 Å². The molecule has 0 aliphatic heterocycles. The molecule has 0 fully saturated rings. The van der Waals surface area contributed by atoms with Crippen LogP contribution in [0.4, 0.5) is 5.69 Å². The quantitative estimate of drug-likeness (QED) is 0.841. The number of carboxylic acid groups (broad SMARTS) is 1. The molecule has 3 atom stereocenters. The second kappa shape index (κ2) is 5.87. The van der Waals surface area contributed by atoms with E-state index in [1.165, 1.54) is 0 Å². The SMILES string of the molecule is CC(C(=O)O)C(C)C(O)c1ccc(N(C)C)cc1. The van der Waals surface area contributed by atoms with E-state index in [9.17, 15) is 9.90 Å². The summed E-state index contributed by atoms with van der Waals surface area (Å²) in [5, 5.41) is 19.1. The zero-order valence-electron chi connectivity index (χ0n) is 11.3. The number of aliphatic hydroxyl groups is 1. The molecule has 100 valence electrons. The molecule has 4 heteroatoms. The van der Waals surface area contributed by atoms with E-state index in [1.54, 1.807) is 13.8 Å². The van der Waals surface area contributed by atoms with Crippen LogP contribution in [0.5, 0.6) is 0 Å². The minimum absolute atomic E-state index is 0.326. The molecule has 0 spiro atoms. The Morgan fingerprint density at radius 1 is 1.17 bits per heavy atom. The minimum atomic E-state index is -0.883. The van der Waals surface area contributed by atoms with Crippen molar-refractivity contribution in [3.63, 3.8) is 0 Å². The molecule has 0 aliphatic carbocycles. The van der Waals surface area contributed by atoms with Crippen molar-refractivity contribution < 1.29 is 15.0 Å². The van der Waals surface area contributed by atoms with E-state index in [4.69, 9.17) is 5.11 Å². The van der Waals surface area contributed by atoms with Crippen molar-refractivity contribution in [1.82, 2.24) is 0 Å². The van der Waals surface area contributed by atoms with Crippen molar-refractivity contribution in [2.45, 2.75) is 20.0 Å². The first-order valence-corrected chi connectivity index (χ1v) is 6.02. The van der Waals surface area contributed by atoms with Crippen LogP contribution < -0.4 is 4.90 Å². The van der Waals surface area contributed by atoms with Gasteiger partial charge in [0.2, 0.25) is 0 Å². The Bertz CT molecular complexity index is 400. The highest BCUT2D eigenvalue weighted by Crippen LogP contribution is 2.28. The number of anilines is 1. The molecule has 0 bridgehead atoms. The summed E-state index contributed by atoms with van der Waals surface area (Å²) in [6, 6.07) is 7.50. The smallest absolute Gasteiger partial charge is 0.306 e. The summed E-state index contributed by atoms with van der Waals surface area (Å²) in [6.45, 7) is 3.37. The number of carboxylic acids is 1. The van der Waals surface area contributed by atoms with E-state index in [2.05, 4.69) is 0 Å². The molecule has 2 N–H and O–H groups in total. The number of aliphatic hydroxyl groups excluding tert-OH is 1. The van der Waals surface area contributed by atoms with Crippen LogP contribution in [0.3, 0.4) is 0 Å². The van der Waals surface area contributed by atoms with Gasteiger partial charge in [-0.15, -0.1) is 0 Å². The van der Waals surface area contributed by atoms with Crippen LogP contribution in [0.1, 0.15) is 25.5 Å². The lowest BCUT2D eigenvalue weighted by molar-refractivity contribution is -0.144. The molecule has 18 heavy (non-hydrogen) atoms. The predicted octanol–water partition coefficient (Wildman–Crippen LogP) is 2.14. The molecular formula is C14H21NO3. The van der Waals surface area contributed by atoms with Crippen molar-refractivity contribution in [1.29, 1.82) is 0 Å². The number of aliphatic carboxylic acids is 1. The molecule has 1 aromatic rings. The van der Waals surface area contributed by atoms with Crippen LogP contribution in [-0.2, 0) is 4.79 Å². The maximum Gasteiger partial charge on any atom is 0.306 e. The first-order valence-electron chi connectivity index (χ1n) is 6.02. The maximum absolute atomic E-state index is 10.9. The molecule has 0 saturated heterocycles. The number of carbonyl (C=O) groups is 1. The largest absolute Gasteiger partial charge is 0.481 e. The van der Waals surface area contributed by atoms with Crippen LogP contribution in [0.2, 0.25) is 0 Å². The molecule has 3 unspecified atom stereocenters. The molecule has 0 aromatic heterocycles. The molecule has 0 radical (unpaired) electrons. The van der Waals surface area contributed by atoms with Gasteiger partial charge in [-0.2, -0.15) is 0 Å². The Balaban J connectivity index is 2.83. The topological polar surface area (TPSA) is 60.8 Å². The van der Waals surface area contributed by atoms with Gasteiger partial charge in [-0.05, 0) is 23.6 Å². The number of hydrogen-bond donors (Lipinski definition) is 2. The van der Waals surface area contributed by atoms with Gasteiger partial charge in [0, 0.05) is 19.8 Å². The van der Waals surface area contributed by atoms with E-state index >= 15 is 0 Å². The number of benzene rings is 1. The molecular weight excluding hydrogens is 230 g/mol. The molecule has 4 nitrogen and oxygen atoms in total. The average Bonchev–Trinajstić information content (AvgIpc) is 2.36. The molecule has 0 heterocycles. The Morgan fingerprint density at radius 3 is 2.06 bits per heavy atom. The Hall–Kier alpha value is -1.55. The van der Waals surface area contributed by atoms with Crippen LogP contribution >= 0.6 is 0 Å². The van der Waals surface area contributed by atoms with Gasteiger partial charge in [0.1, 0.15) is 0 Å². The van der Waals surface area contributed by atoms with Gasteiger partial charge >= 0.3 is 5.97 Å². The van der Waals surface area contributed by atoms with E-state index < -0.39 is 18.0 Å². The summed E-state index contributed by atoms with van der Waals surface area (Å²) >= 11 is 0. The lowest BCUT2D eigenvalue weighted by Gasteiger charge is -2.23. The van der Waals surface area contributed by atoms with Gasteiger partial charge in [0.15, 0.2) is 0 Å². The van der Waals surface area contributed by atoms with Crippen LogP contribution in [0, 0.1) is 11.8 Å². The molecule has 0 saturated carbocycles. The third kappa shape index (κ3) is 3.23. The summed E-state index contributed by atoms with van der Waals surface area (Å²) in [7, 11) is 3.89. The number of rotatable bonds is 5. The highest BCUT2D eigenvalue weighted by molar-refractivity contribution is 5.69. The van der Waals surface area contributed by atoms with Crippen LogP contribution in [-0.4, -0.2) is 30.3 Å². The van der Waals surface area contributed by atoms with Crippen molar-refractivity contribution in [3.05, 3.63) is 29.8 Å². The van der Waals surface area contributed by atoms with Crippen LogP contribution in [0.25, 0.3) is 0 Å². The summed E-state index contributed by atoms with van der Waals surface area (Å²) in [5.74, 6) is -1.78. The third-order valence-corrected chi connectivity index (χ3v) is 3.43. The highest BCUT2D eigenvalue weighted by atomic mass is 16.4. The third-order valence-electron chi connectivity index (χ3n) is 3.43. The Labute approximate surface area is 108 Å². The second-order valence-electron chi connectivity index (χ2n) is 4.92. The highest BCUT2D eigenvalue weighted by Gasteiger charge is 2.26. The summed E-state index contributed by atoms with van der Waals surface area (Å²) in [5.41, 5.74) is 1.80. The number of hydrogen-bond acceptors (Lipinski definition) is 3. The van der Waals surface area contributed by atoms with E-state index in [0.717, 1.165) is 11.3 Å². The fourth-order valence-electron chi connectivity index (χ4n) is 1.77. The van der Waals surface area contributed by atoms with Gasteiger partial charge < -0.3 is 15.1 Å². The van der Waals surface area contributed by atoms with E-state index in [0.29, 0.717) is 0 Å². The van der Waals surface area contributed by atoms with Crippen molar-refractivity contribution in [3.8, 4) is 0 Å². The molecule has 1 aromatic carbocycles. The summed E-state index contributed by atoms with van der Waals surface area (Å²) in [4.78, 5) is 12.9. The minimum Gasteiger partial charge on any atom is -0.481 e. The molecule has 1 rings (SSSR count). The van der Waals surface area contributed by atoms with Gasteiger partial charge in [0.05, 0.1) is 12.0 Å². The second-order valence-corrected chi connectivity index (χ2v) is 4.92. The van der Waals surface area contributed by atoms with Crippen molar-refractivity contribution >= 4 is 11.7 Å². The monoisotopic (exact) mass is 251 g/mol. The Kier molecular flexibility index (Phi) is 4.73. The first kappa shape index (κ1) is 14.5. The Morgan fingerprint density at radius 2 is 1.67 bits per heavy atom. The zero-order valence-corrected chi connectivity index (χ0v) is 11.3. The van der Waals surface area contributed by atoms with E-state index in [-0.39, 0.29) is 5.92 Å². The van der Waals surface area contributed by atoms with Gasteiger partial charge in [-0.1, -0.05) is 26.0 Å². The first-order chi connectivity index (χ1) is 8.34. The molecule has 0 aliphatic rings. The fourth-order valence-corrected chi connectivity index (χ4v) is 1.77.